The van der Waals surface area contributed by atoms with Crippen LogP contribution in [0.4, 0.5) is 14.5 Å². The number of anilines is 1. The third kappa shape index (κ3) is 4.67. The fraction of sp³-hybridized carbons (Fsp3) is 0.529. The minimum absolute atomic E-state index is 0.209. The number of aliphatic hydroxyl groups is 1. The van der Waals surface area contributed by atoms with Crippen LogP contribution in [-0.4, -0.2) is 37.9 Å². The van der Waals surface area contributed by atoms with Gasteiger partial charge in [-0.15, -0.1) is 0 Å². The molecule has 0 spiro atoms. The van der Waals surface area contributed by atoms with E-state index in [2.05, 4.69) is 15.4 Å². The average molecular weight is 371 g/mol. The maximum atomic E-state index is 12.5. The van der Waals surface area contributed by atoms with Crippen LogP contribution in [-0.2, 0) is 6.54 Å². The summed E-state index contributed by atoms with van der Waals surface area (Å²) in [6, 6.07) is 3.61. The molecule has 0 atom stereocenters. The summed E-state index contributed by atoms with van der Waals surface area (Å²) in [5, 5.41) is 18.1. The zero-order valence-corrected chi connectivity index (χ0v) is 14.7. The Labute approximate surface area is 150 Å². The molecule has 0 bridgehead atoms. The van der Waals surface area contributed by atoms with Gasteiger partial charge in [-0.1, -0.05) is 11.6 Å². The number of hydrogen-bond acceptors (Lipinski definition) is 4. The van der Waals surface area contributed by atoms with E-state index in [1.54, 1.807) is 18.3 Å². The van der Waals surface area contributed by atoms with Crippen LogP contribution in [0.5, 0.6) is 0 Å². The fourth-order valence-corrected chi connectivity index (χ4v) is 3.26. The van der Waals surface area contributed by atoms with Crippen molar-refractivity contribution in [3.8, 4) is 11.3 Å². The minimum atomic E-state index is -2.45. The molecule has 1 saturated carbocycles. The monoisotopic (exact) mass is 370 g/mol. The van der Waals surface area contributed by atoms with Gasteiger partial charge in [0.2, 0.25) is 0 Å². The van der Waals surface area contributed by atoms with Crippen molar-refractivity contribution in [2.75, 3.05) is 5.32 Å². The van der Waals surface area contributed by atoms with E-state index < -0.39 is 18.6 Å². The largest absolute Gasteiger partial charge is 0.390 e. The normalized spacial score (nSPS) is 23.8. The molecular weight excluding hydrogens is 350 g/mol. The number of halogens is 3. The Bertz CT molecular complexity index is 725. The summed E-state index contributed by atoms with van der Waals surface area (Å²) in [6.45, 7) is 1.41. The predicted molar refractivity (Wildman–Crippen MR) is 93.0 cm³/mol. The predicted octanol–water partition coefficient (Wildman–Crippen LogP) is 3.97. The molecule has 136 valence electrons. The summed E-state index contributed by atoms with van der Waals surface area (Å²) < 4.78 is 26.2. The Hall–Kier alpha value is -1.73. The second kappa shape index (κ2) is 7.25. The van der Waals surface area contributed by atoms with E-state index in [1.807, 2.05) is 6.92 Å². The summed E-state index contributed by atoms with van der Waals surface area (Å²) in [5.41, 5.74) is 1.45. The van der Waals surface area contributed by atoms with Crippen LogP contribution >= 0.6 is 11.6 Å². The number of hydrogen-bond donors (Lipinski definition) is 2. The van der Waals surface area contributed by atoms with Gasteiger partial charge in [-0.05, 0) is 44.7 Å². The summed E-state index contributed by atoms with van der Waals surface area (Å²) in [6.07, 6.45) is 3.79. The lowest BCUT2D eigenvalue weighted by Gasteiger charge is -2.34. The Morgan fingerprint density at radius 1 is 1.44 bits per heavy atom. The van der Waals surface area contributed by atoms with E-state index >= 15 is 0 Å². The molecule has 8 heteroatoms. The zero-order valence-electron chi connectivity index (χ0n) is 13.9. The molecule has 1 aliphatic carbocycles. The van der Waals surface area contributed by atoms with Crippen LogP contribution in [0.15, 0.2) is 24.5 Å². The third-order valence-electron chi connectivity index (χ3n) is 4.53. The minimum Gasteiger partial charge on any atom is -0.390 e. The molecule has 25 heavy (non-hydrogen) atoms. The maximum absolute atomic E-state index is 12.5. The number of alkyl halides is 2. The quantitative estimate of drug-likeness (QED) is 0.782. The van der Waals surface area contributed by atoms with Crippen LogP contribution in [0.2, 0.25) is 5.15 Å². The summed E-state index contributed by atoms with van der Waals surface area (Å²) >= 11 is 6.03. The van der Waals surface area contributed by atoms with Gasteiger partial charge in [-0.3, -0.25) is 4.68 Å². The van der Waals surface area contributed by atoms with Gasteiger partial charge >= 0.3 is 0 Å². The lowest BCUT2D eigenvalue weighted by atomic mass is 9.83. The summed E-state index contributed by atoms with van der Waals surface area (Å²) in [7, 11) is 0. The van der Waals surface area contributed by atoms with E-state index in [0.29, 0.717) is 10.8 Å². The van der Waals surface area contributed by atoms with Crippen LogP contribution < -0.4 is 5.32 Å². The average Bonchev–Trinajstić information content (AvgIpc) is 2.97. The van der Waals surface area contributed by atoms with Crippen molar-refractivity contribution < 1.29 is 13.9 Å². The van der Waals surface area contributed by atoms with Crippen molar-refractivity contribution in [3.05, 3.63) is 29.7 Å². The van der Waals surface area contributed by atoms with Crippen LogP contribution in [0.1, 0.15) is 32.6 Å². The van der Waals surface area contributed by atoms with Crippen molar-refractivity contribution >= 4 is 17.3 Å². The Kier molecular flexibility index (Phi) is 5.24. The Morgan fingerprint density at radius 3 is 2.84 bits per heavy atom. The number of nitrogens with one attached hydrogen (secondary N) is 1. The molecule has 0 amide bonds. The standard InChI is InChI=1S/C17H21ClF2N4O/c1-17(25)5-2-11(3-6-17)22-14-8-15(18)21-9-12(14)13-4-7-24(23-13)10-16(19)20/h4,7-9,11,16,25H,2-3,5-6,10H2,1H3,(H,21,22). The van der Waals surface area contributed by atoms with Gasteiger partial charge in [0.05, 0.1) is 11.3 Å². The SMILES string of the molecule is CC1(O)CCC(Nc2cc(Cl)ncc2-c2ccn(CC(F)F)n2)CC1. The van der Waals surface area contributed by atoms with Gasteiger partial charge in [0.15, 0.2) is 0 Å². The second-order valence-electron chi connectivity index (χ2n) is 6.78. The van der Waals surface area contributed by atoms with E-state index in [-0.39, 0.29) is 6.04 Å². The smallest absolute Gasteiger partial charge is 0.257 e. The van der Waals surface area contributed by atoms with E-state index in [1.165, 1.54) is 10.9 Å². The first-order valence-electron chi connectivity index (χ1n) is 8.29. The van der Waals surface area contributed by atoms with Gasteiger partial charge in [0, 0.05) is 29.7 Å². The lowest BCUT2D eigenvalue weighted by Crippen LogP contribution is -2.35. The second-order valence-corrected chi connectivity index (χ2v) is 7.17. The highest BCUT2D eigenvalue weighted by molar-refractivity contribution is 6.29. The molecule has 1 fully saturated rings. The van der Waals surface area contributed by atoms with Gasteiger partial charge in [-0.2, -0.15) is 5.10 Å². The molecule has 0 radical (unpaired) electrons. The molecule has 2 aromatic heterocycles. The van der Waals surface area contributed by atoms with Crippen molar-refractivity contribution in [3.63, 3.8) is 0 Å². The molecular formula is C17H21ClF2N4O. The molecule has 0 saturated heterocycles. The molecule has 2 aromatic rings. The van der Waals surface area contributed by atoms with E-state index in [4.69, 9.17) is 11.6 Å². The fourth-order valence-electron chi connectivity index (χ4n) is 3.11. The van der Waals surface area contributed by atoms with Crippen LogP contribution in [0.25, 0.3) is 11.3 Å². The molecule has 0 aromatic carbocycles. The highest BCUT2D eigenvalue weighted by atomic mass is 35.5. The van der Waals surface area contributed by atoms with E-state index in [0.717, 1.165) is 36.9 Å². The first-order chi connectivity index (χ1) is 11.8. The van der Waals surface area contributed by atoms with Crippen molar-refractivity contribution in [1.82, 2.24) is 14.8 Å². The van der Waals surface area contributed by atoms with Crippen molar-refractivity contribution in [1.29, 1.82) is 0 Å². The van der Waals surface area contributed by atoms with Crippen molar-refractivity contribution in [2.24, 2.45) is 0 Å². The third-order valence-corrected chi connectivity index (χ3v) is 4.74. The first-order valence-corrected chi connectivity index (χ1v) is 8.67. The molecule has 3 rings (SSSR count). The molecule has 2 heterocycles. The number of nitrogens with zero attached hydrogens (tertiary/aromatic N) is 3. The van der Waals surface area contributed by atoms with Crippen molar-refractivity contribution in [2.45, 2.75) is 57.2 Å². The lowest BCUT2D eigenvalue weighted by molar-refractivity contribution is 0.0196. The molecule has 5 nitrogen and oxygen atoms in total. The number of aromatic nitrogens is 3. The number of pyridine rings is 1. The van der Waals surface area contributed by atoms with Crippen LogP contribution in [0, 0.1) is 0 Å². The van der Waals surface area contributed by atoms with Gasteiger partial charge in [0.25, 0.3) is 6.43 Å². The summed E-state index contributed by atoms with van der Waals surface area (Å²) in [5.74, 6) is 0. The first kappa shape index (κ1) is 18.1. The van der Waals surface area contributed by atoms with Gasteiger partial charge < -0.3 is 10.4 Å². The number of rotatable bonds is 5. The molecule has 0 unspecified atom stereocenters. The van der Waals surface area contributed by atoms with Gasteiger partial charge in [0.1, 0.15) is 11.7 Å². The zero-order chi connectivity index (χ0) is 18.0. The molecule has 2 N–H and O–H groups in total. The Balaban J connectivity index is 1.80. The summed E-state index contributed by atoms with van der Waals surface area (Å²) in [4.78, 5) is 4.09. The van der Waals surface area contributed by atoms with Gasteiger partial charge in [-0.25, -0.2) is 13.8 Å². The highest BCUT2D eigenvalue weighted by Gasteiger charge is 2.29. The van der Waals surface area contributed by atoms with E-state index in [9.17, 15) is 13.9 Å². The Morgan fingerprint density at radius 2 is 2.16 bits per heavy atom. The topological polar surface area (TPSA) is 63.0 Å². The maximum Gasteiger partial charge on any atom is 0.257 e. The molecule has 1 aliphatic rings. The van der Waals surface area contributed by atoms with Crippen LogP contribution in [0.3, 0.4) is 0 Å². The highest BCUT2D eigenvalue weighted by Crippen LogP contribution is 2.33. The molecule has 0 aliphatic heterocycles.